The van der Waals surface area contributed by atoms with Crippen molar-refractivity contribution in [2.45, 2.75) is 45.2 Å². The molecular weight excluding hydrogens is 476 g/mol. The number of hydrogen-bond donors (Lipinski definition) is 6. The average molecular weight is 519 g/mol. The summed E-state index contributed by atoms with van der Waals surface area (Å²) >= 11 is 0. The molecule has 0 aliphatic heterocycles. The van der Waals surface area contributed by atoms with Crippen LogP contribution >= 0.6 is 12.4 Å². The third kappa shape index (κ3) is 16.8. The molecule has 0 heterocycles. The molecule has 0 saturated heterocycles. The van der Waals surface area contributed by atoms with Gasteiger partial charge in [-0.25, -0.2) is 9.59 Å². The Balaban J connectivity index is 0.00000648. The topological polar surface area (TPSA) is 106 Å². The van der Waals surface area contributed by atoms with Crippen LogP contribution in [-0.4, -0.2) is 51.3 Å². The van der Waals surface area contributed by atoms with Gasteiger partial charge in [0.05, 0.1) is 0 Å². The minimum atomic E-state index is -0.122. The SMILES string of the molecule is Cl.O=C(NCCCNCCCCCNCCCNC(=O)NCc1ccccc1)NCc1ccccc1. The molecule has 36 heavy (non-hydrogen) atoms. The predicted molar refractivity (Wildman–Crippen MR) is 149 cm³/mol. The number of rotatable bonds is 18. The molecule has 0 aliphatic rings. The van der Waals surface area contributed by atoms with Crippen LogP contribution in [0.3, 0.4) is 0 Å². The average Bonchev–Trinajstić information content (AvgIpc) is 2.89. The maximum atomic E-state index is 11.8. The highest BCUT2D eigenvalue weighted by atomic mass is 35.5. The van der Waals surface area contributed by atoms with Crippen LogP contribution in [0.2, 0.25) is 0 Å². The van der Waals surface area contributed by atoms with Crippen LogP contribution in [0, 0.1) is 0 Å². The second kappa shape index (κ2) is 21.5. The fourth-order valence-electron chi connectivity index (χ4n) is 3.44. The highest BCUT2D eigenvalue weighted by Crippen LogP contribution is 1.98. The van der Waals surface area contributed by atoms with Gasteiger partial charge < -0.3 is 31.9 Å². The summed E-state index contributed by atoms with van der Waals surface area (Å²) in [5.41, 5.74) is 2.19. The van der Waals surface area contributed by atoms with Gasteiger partial charge in [-0.05, 0) is 63.0 Å². The first-order valence-corrected chi connectivity index (χ1v) is 12.8. The van der Waals surface area contributed by atoms with E-state index in [1.54, 1.807) is 0 Å². The molecule has 9 heteroatoms. The molecule has 2 rings (SSSR count). The molecule has 0 aliphatic carbocycles. The van der Waals surface area contributed by atoms with Crippen LogP contribution in [0.1, 0.15) is 43.2 Å². The van der Waals surface area contributed by atoms with Crippen LogP contribution in [0.15, 0.2) is 60.7 Å². The van der Waals surface area contributed by atoms with Gasteiger partial charge in [0.2, 0.25) is 0 Å². The zero-order valence-electron chi connectivity index (χ0n) is 21.2. The van der Waals surface area contributed by atoms with Gasteiger partial charge in [-0.3, -0.25) is 0 Å². The van der Waals surface area contributed by atoms with Crippen molar-refractivity contribution in [1.29, 1.82) is 0 Å². The van der Waals surface area contributed by atoms with Gasteiger partial charge in [0.25, 0.3) is 0 Å². The molecule has 0 unspecified atom stereocenters. The van der Waals surface area contributed by atoms with Crippen molar-refractivity contribution in [3.63, 3.8) is 0 Å². The summed E-state index contributed by atoms with van der Waals surface area (Å²) in [6, 6.07) is 19.5. The largest absolute Gasteiger partial charge is 0.338 e. The first-order chi connectivity index (χ1) is 17.2. The minimum absolute atomic E-state index is 0. The number of amides is 4. The van der Waals surface area contributed by atoms with Crippen molar-refractivity contribution >= 4 is 24.5 Å². The summed E-state index contributed by atoms with van der Waals surface area (Å²) < 4.78 is 0. The second-order valence-electron chi connectivity index (χ2n) is 8.46. The van der Waals surface area contributed by atoms with E-state index in [4.69, 9.17) is 0 Å². The lowest BCUT2D eigenvalue weighted by Gasteiger charge is -2.09. The molecule has 0 atom stereocenters. The Labute approximate surface area is 222 Å². The first kappa shape index (κ1) is 31.2. The molecule has 8 nitrogen and oxygen atoms in total. The quantitative estimate of drug-likeness (QED) is 0.170. The number of carbonyl (C=O) groups excluding carboxylic acids is 2. The monoisotopic (exact) mass is 518 g/mol. The zero-order chi connectivity index (χ0) is 24.8. The standard InChI is InChI=1S/C27H42N6O2.ClH/c34-26(32-22-24-12-4-1-5-13-24)30-20-10-18-28-16-8-3-9-17-29-19-11-21-31-27(35)33-23-25-14-6-2-7-15-25;/h1-2,4-7,12-15,28-29H,3,8-11,16-23H2,(H2,30,32,34)(H2,31,33,35);1H. The van der Waals surface area contributed by atoms with Crippen molar-refractivity contribution in [3.8, 4) is 0 Å². The molecule has 2 aromatic rings. The van der Waals surface area contributed by atoms with E-state index in [2.05, 4.69) is 31.9 Å². The Bertz CT molecular complexity index is 743. The smallest absolute Gasteiger partial charge is 0.315 e. The molecule has 0 radical (unpaired) electrons. The van der Waals surface area contributed by atoms with Crippen LogP contribution in [0.5, 0.6) is 0 Å². The van der Waals surface area contributed by atoms with Gasteiger partial charge in [0, 0.05) is 26.2 Å². The zero-order valence-corrected chi connectivity index (χ0v) is 22.0. The fraction of sp³-hybridized carbons (Fsp3) is 0.481. The fourth-order valence-corrected chi connectivity index (χ4v) is 3.44. The van der Waals surface area contributed by atoms with E-state index >= 15 is 0 Å². The van der Waals surface area contributed by atoms with Gasteiger partial charge >= 0.3 is 12.1 Å². The molecule has 6 N–H and O–H groups in total. The number of benzene rings is 2. The van der Waals surface area contributed by atoms with Gasteiger partial charge in [-0.2, -0.15) is 0 Å². The minimum Gasteiger partial charge on any atom is -0.338 e. The molecular formula is C27H43ClN6O2. The molecule has 0 saturated carbocycles. The normalized spacial score (nSPS) is 10.2. The summed E-state index contributed by atoms with van der Waals surface area (Å²) in [6.45, 7) is 6.24. The lowest BCUT2D eigenvalue weighted by Crippen LogP contribution is -2.36. The number of unbranched alkanes of at least 4 members (excludes halogenated alkanes) is 2. The summed E-state index contributed by atoms with van der Waals surface area (Å²) in [6.07, 6.45) is 5.31. The van der Waals surface area contributed by atoms with Crippen molar-refractivity contribution in [1.82, 2.24) is 31.9 Å². The van der Waals surface area contributed by atoms with E-state index in [-0.39, 0.29) is 24.5 Å². The number of urea groups is 2. The Morgan fingerprint density at radius 3 is 1.28 bits per heavy atom. The van der Waals surface area contributed by atoms with Gasteiger partial charge in [0.15, 0.2) is 0 Å². The number of halogens is 1. The lowest BCUT2D eigenvalue weighted by molar-refractivity contribution is 0.239. The van der Waals surface area contributed by atoms with E-state index in [1.165, 1.54) is 6.42 Å². The molecule has 0 bridgehead atoms. The Morgan fingerprint density at radius 2 is 0.861 bits per heavy atom. The third-order valence-electron chi connectivity index (χ3n) is 5.43. The van der Waals surface area contributed by atoms with Crippen molar-refractivity contribution in [3.05, 3.63) is 71.8 Å². The van der Waals surface area contributed by atoms with E-state index < -0.39 is 0 Å². The van der Waals surface area contributed by atoms with Crippen molar-refractivity contribution < 1.29 is 9.59 Å². The van der Waals surface area contributed by atoms with Gasteiger partial charge in [-0.15, -0.1) is 12.4 Å². The van der Waals surface area contributed by atoms with Crippen LogP contribution in [0.4, 0.5) is 9.59 Å². The van der Waals surface area contributed by atoms with Crippen molar-refractivity contribution in [2.24, 2.45) is 0 Å². The summed E-state index contributed by atoms with van der Waals surface area (Å²) in [5, 5.41) is 18.4. The van der Waals surface area contributed by atoms with E-state index in [0.717, 1.165) is 63.0 Å². The molecule has 200 valence electrons. The first-order valence-electron chi connectivity index (χ1n) is 12.8. The third-order valence-corrected chi connectivity index (χ3v) is 5.43. The maximum Gasteiger partial charge on any atom is 0.315 e. The van der Waals surface area contributed by atoms with Gasteiger partial charge in [0.1, 0.15) is 0 Å². The van der Waals surface area contributed by atoms with Crippen molar-refractivity contribution in [2.75, 3.05) is 39.3 Å². The predicted octanol–water partition coefficient (Wildman–Crippen LogP) is 3.54. The highest BCUT2D eigenvalue weighted by molar-refractivity contribution is 5.85. The summed E-state index contributed by atoms with van der Waals surface area (Å²) in [5.74, 6) is 0. The molecule has 0 fully saturated rings. The number of nitrogens with one attached hydrogen (secondary N) is 6. The Morgan fingerprint density at radius 1 is 0.472 bits per heavy atom. The van der Waals surface area contributed by atoms with E-state index in [1.807, 2.05) is 60.7 Å². The van der Waals surface area contributed by atoms with Crippen LogP contribution in [0.25, 0.3) is 0 Å². The Kier molecular flexibility index (Phi) is 18.6. The van der Waals surface area contributed by atoms with Crippen LogP contribution in [-0.2, 0) is 13.1 Å². The van der Waals surface area contributed by atoms with E-state index in [0.29, 0.717) is 26.2 Å². The molecule has 2 aromatic carbocycles. The van der Waals surface area contributed by atoms with Gasteiger partial charge in [-0.1, -0.05) is 67.1 Å². The Hall–Kier alpha value is -2.81. The summed E-state index contributed by atoms with van der Waals surface area (Å²) in [7, 11) is 0. The van der Waals surface area contributed by atoms with E-state index in [9.17, 15) is 9.59 Å². The van der Waals surface area contributed by atoms with Crippen LogP contribution < -0.4 is 31.9 Å². The highest BCUT2D eigenvalue weighted by Gasteiger charge is 2.00. The number of carbonyl (C=O) groups is 2. The second-order valence-corrected chi connectivity index (χ2v) is 8.46. The lowest BCUT2D eigenvalue weighted by atomic mass is 10.2. The molecule has 4 amide bonds. The molecule has 0 spiro atoms. The number of hydrogen-bond acceptors (Lipinski definition) is 4. The molecule has 0 aromatic heterocycles. The maximum absolute atomic E-state index is 11.8. The summed E-state index contributed by atoms with van der Waals surface area (Å²) in [4.78, 5) is 23.5.